The molecule has 7 nitrogen and oxygen atoms in total. The van der Waals surface area contributed by atoms with Crippen molar-refractivity contribution in [3.8, 4) is 11.5 Å². The summed E-state index contributed by atoms with van der Waals surface area (Å²) in [6.45, 7) is 2.15. The van der Waals surface area contributed by atoms with Crippen LogP contribution < -0.4 is 20.2 Å². The molecule has 0 bridgehead atoms. The molecular formula is C25H25N3O4. The Morgan fingerprint density at radius 2 is 1.53 bits per heavy atom. The van der Waals surface area contributed by atoms with E-state index in [1.54, 1.807) is 62.6 Å². The molecule has 0 aromatic heterocycles. The van der Waals surface area contributed by atoms with Gasteiger partial charge in [0.15, 0.2) is 0 Å². The molecule has 164 valence electrons. The lowest BCUT2D eigenvalue weighted by Crippen LogP contribution is -2.21. The van der Waals surface area contributed by atoms with E-state index in [1.807, 2.05) is 30.3 Å². The minimum absolute atomic E-state index is 0.0507. The fourth-order valence-corrected chi connectivity index (χ4v) is 2.81. The van der Waals surface area contributed by atoms with Gasteiger partial charge >= 0.3 is 0 Å². The van der Waals surface area contributed by atoms with E-state index in [1.165, 1.54) is 0 Å². The number of ether oxygens (including phenoxy) is 2. The molecule has 3 aromatic rings. The normalized spacial score (nSPS) is 10.9. The topological polar surface area (TPSA) is 89.0 Å². The van der Waals surface area contributed by atoms with Gasteiger partial charge in [0.1, 0.15) is 18.1 Å². The summed E-state index contributed by atoms with van der Waals surface area (Å²) in [5, 5.41) is 6.80. The second-order valence-corrected chi connectivity index (χ2v) is 7.04. The molecule has 0 unspecified atom stereocenters. The Morgan fingerprint density at radius 1 is 0.875 bits per heavy atom. The van der Waals surface area contributed by atoms with Crippen molar-refractivity contribution in [2.75, 3.05) is 12.4 Å². The van der Waals surface area contributed by atoms with Crippen LogP contribution in [0, 0.1) is 0 Å². The van der Waals surface area contributed by atoms with E-state index in [0.717, 1.165) is 5.56 Å². The summed E-state index contributed by atoms with van der Waals surface area (Å²) < 4.78 is 10.8. The smallest absolute Gasteiger partial charge is 0.271 e. The van der Waals surface area contributed by atoms with Gasteiger partial charge in [-0.15, -0.1) is 0 Å². The minimum atomic E-state index is -0.362. The summed E-state index contributed by atoms with van der Waals surface area (Å²) in [7, 11) is 1.56. The van der Waals surface area contributed by atoms with Crippen LogP contribution in [0.5, 0.6) is 11.5 Å². The number of methoxy groups -OCH3 is 1. The standard InChI is InChI=1S/C25H25N3O4/c1-18(27-28-25(30)20-8-12-22(31-2)13-9-20)16-24(29)26-21-10-14-23(15-11-21)32-17-19-6-4-3-5-7-19/h3-15H,16-17H2,1-2H3,(H,26,29)(H,28,30)/b27-18-. The van der Waals surface area contributed by atoms with Crippen LogP contribution in [0.25, 0.3) is 0 Å². The molecule has 0 saturated carbocycles. The molecule has 0 saturated heterocycles. The zero-order valence-electron chi connectivity index (χ0n) is 18.0. The van der Waals surface area contributed by atoms with Crippen LogP contribution in [0.1, 0.15) is 29.3 Å². The molecule has 32 heavy (non-hydrogen) atoms. The van der Waals surface area contributed by atoms with E-state index in [-0.39, 0.29) is 18.2 Å². The molecular weight excluding hydrogens is 406 g/mol. The van der Waals surface area contributed by atoms with Crippen molar-refractivity contribution in [2.24, 2.45) is 5.10 Å². The molecule has 0 aliphatic rings. The predicted molar refractivity (Wildman–Crippen MR) is 124 cm³/mol. The predicted octanol–water partition coefficient (Wildman–Crippen LogP) is 4.41. The lowest BCUT2D eigenvalue weighted by atomic mass is 10.2. The minimum Gasteiger partial charge on any atom is -0.497 e. The van der Waals surface area contributed by atoms with Crippen LogP contribution in [0.4, 0.5) is 5.69 Å². The molecule has 7 heteroatoms. The van der Waals surface area contributed by atoms with Gasteiger partial charge < -0.3 is 14.8 Å². The summed E-state index contributed by atoms with van der Waals surface area (Å²) in [4.78, 5) is 24.4. The SMILES string of the molecule is COc1ccc(C(=O)N/N=C(/C)CC(=O)Nc2ccc(OCc3ccccc3)cc2)cc1. The van der Waals surface area contributed by atoms with Crippen molar-refractivity contribution in [3.05, 3.63) is 90.0 Å². The Morgan fingerprint density at radius 3 is 2.19 bits per heavy atom. The first-order valence-electron chi connectivity index (χ1n) is 10.1. The van der Waals surface area contributed by atoms with Gasteiger partial charge in [-0.3, -0.25) is 9.59 Å². The first kappa shape index (κ1) is 22.6. The van der Waals surface area contributed by atoms with Crippen LogP contribution in [0.3, 0.4) is 0 Å². The zero-order chi connectivity index (χ0) is 22.8. The molecule has 2 N–H and O–H groups in total. The largest absolute Gasteiger partial charge is 0.497 e. The van der Waals surface area contributed by atoms with E-state index in [4.69, 9.17) is 9.47 Å². The van der Waals surface area contributed by atoms with Crippen molar-refractivity contribution in [1.29, 1.82) is 0 Å². The molecule has 0 radical (unpaired) electrons. The number of amides is 2. The van der Waals surface area contributed by atoms with Gasteiger partial charge in [0, 0.05) is 17.0 Å². The van der Waals surface area contributed by atoms with Crippen LogP contribution in [0.15, 0.2) is 84.0 Å². The van der Waals surface area contributed by atoms with Crippen molar-refractivity contribution < 1.29 is 19.1 Å². The maximum absolute atomic E-state index is 12.3. The van der Waals surface area contributed by atoms with Crippen LogP contribution in [0.2, 0.25) is 0 Å². The van der Waals surface area contributed by atoms with Crippen molar-refractivity contribution in [1.82, 2.24) is 5.43 Å². The Kier molecular flexibility index (Phi) is 7.97. The van der Waals surface area contributed by atoms with Gasteiger partial charge in [-0.2, -0.15) is 5.10 Å². The molecule has 0 fully saturated rings. The maximum Gasteiger partial charge on any atom is 0.271 e. The summed E-state index contributed by atoms with van der Waals surface area (Å²) >= 11 is 0. The average molecular weight is 431 g/mol. The lowest BCUT2D eigenvalue weighted by Gasteiger charge is -2.09. The van der Waals surface area contributed by atoms with Gasteiger partial charge in [0.2, 0.25) is 5.91 Å². The summed E-state index contributed by atoms with van der Waals surface area (Å²) in [5.74, 6) is 0.779. The van der Waals surface area contributed by atoms with E-state index in [9.17, 15) is 9.59 Å². The van der Waals surface area contributed by atoms with Gasteiger partial charge in [0.25, 0.3) is 5.91 Å². The number of nitrogens with zero attached hydrogens (tertiary/aromatic N) is 1. The van der Waals surface area contributed by atoms with Gasteiger partial charge in [-0.25, -0.2) is 5.43 Å². The second kappa shape index (κ2) is 11.3. The van der Waals surface area contributed by atoms with Gasteiger partial charge in [-0.1, -0.05) is 30.3 Å². The van der Waals surface area contributed by atoms with Crippen LogP contribution in [-0.4, -0.2) is 24.6 Å². The molecule has 0 atom stereocenters. The quantitative estimate of drug-likeness (QED) is 0.388. The Hall–Kier alpha value is -4.13. The van der Waals surface area contributed by atoms with E-state index in [2.05, 4.69) is 15.8 Å². The van der Waals surface area contributed by atoms with Crippen molar-refractivity contribution in [2.45, 2.75) is 20.0 Å². The highest BCUT2D eigenvalue weighted by Crippen LogP contribution is 2.17. The highest BCUT2D eigenvalue weighted by Gasteiger charge is 2.08. The number of nitrogens with one attached hydrogen (secondary N) is 2. The first-order valence-corrected chi connectivity index (χ1v) is 10.1. The van der Waals surface area contributed by atoms with Crippen molar-refractivity contribution in [3.63, 3.8) is 0 Å². The average Bonchev–Trinajstić information content (AvgIpc) is 2.82. The van der Waals surface area contributed by atoms with Crippen molar-refractivity contribution >= 4 is 23.2 Å². The number of benzene rings is 3. The van der Waals surface area contributed by atoms with E-state index in [0.29, 0.717) is 35.1 Å². The third-order valence-electron chi connectivity index (χ3n) is 4.50. The fourth-order valence-electron chi connectivity index (χ4n) is 2.81. The lowest BCUT2D eigenvalue weighted by molar-refractivity contribution is -0.115. The number of carbonyl (C=O) groups excluding carboxylic acids is 2. The van der Waals surface area contributed by atoms with Crippen LogP contribution in [-0.2, 0) is 11.4 Å². The molecule has 3 rings (SSSR count). The highest BCUT2D eigenvalue weighted by molar-refractivity contribution is 6.06. The fraction of sp³-hybridized carbons (Fsp3) is 0.160. The number of carbonyl (C=O) groups is 2. The number of anilines is 1. The molecule has 3 aromatic carbocycles. The Bertz CT molecular complexity index is 1060. The van der Waals surface area contributed by atoms with E-state index >= 15 is 0 Å². The third-order valence-corrected chi connectivity index (χ3v) is 4.50. The highest BCUT2D eigenvalue weighted by atomic mass is 16.5. The number of hydrogen-bond donors (Lipinski definition) is 2. The van der Waals surface area contributed by atoms with Gasteiger partial charge in [0.05, 0.1) is 13.5 Å². The molecule has 2 amide bonds. The summed E-state index contributed by atoms with van der Waals surface area (Å²) in [6, 6.07) is 23.7. The third kappa shape index (κ3) is 6.98. The Labute approximate surface area is 187 Å². The number of rotatable bonds is 9. The van der Waals surface area contributed by atoms with Gasteiger partial charge in [-0.05, 0) is 61.0 Å². The molecule has 0 heterocycles. The number of hydrogen-bond acceptors (Lipinski definition) is 5. The second-order valence-electron chi connectivity index (χ2n) is 7.04. The van der Waals surface area contributed by atoms with E-state index < -0.39 is 0 Å². The summed E-state index contributed by atoms with van der Waals surface area (Å²) in [5.41, 5.74) is 5.11. The zero-order valence-corrected chi connectivity index (χ0v) is 18.0. The molecule has 0 aliphatic heterocycles. The Balaban J connectivity index is 1.45. The number of hydrazone groups is 1. The van der Waals surface area contributed by atoms with Crippen LogP contribution >= 0.6 is 0 Å². The molecule has 0 aliphatic carbocycles. The monoisotopic (exact) mass is 431 g/mol. The summed E-state index contributed by atoms with van der Waals surface area (Å²) in [6.07, 6.45) is 0.0507. The molecule has 0 spiro atoms. The maximum atomic E-state index is 12.3. The first-order chi connectivity index (χ1) is 15.5.